The van der Waals surface area contributed by atoms with Gasteiger partial charge in [-0.1, -0.05) is 0 Å². The van der Waals surface area contributed by atoms with Crippen LogP contribution in [0.5, 0.6) is 0 Å². The summed E-state index contributed by atoms with van der Waals surface area (Å²) in [6.45, 7) is 7.79. The number of piperazine rings is 1. The summed E-state index contributed by atoms with van der Waals surface area (Å²) in [6.07, 6.45) is 7.68. The SMILES string of the molecule is O=C(CCC1CCNCC1)N1CCN(CC(=O)N2CCCCC2)CC1. The number of nitrogens with one attached hydrogen (secondary N) is 1. The quantitative estimate of drug-likeness (QED) is 0.801. The highest BCUT2D eigenvalue weighted by Crippen LogP contribution is 2.19. The van der Waals surface area contributed by atoms with Crippen molar-refractivity contribution in [2.24, 2.45) is 5.92 Å². The minimum Gasteiger partial charge on any atom is -0.342 e. The van der Waals surface area contributed by atoms with Crippen LogP contribution in [0.2, 0.25) is 0 Å². The Balaban J connectivity index is 1.33. The highest BCUT2D eigenvalue weighted by atomic mass is 16.2. The minimum absolute atomic E-state index is 0.269. The molecule has 0 atom stereocenters. The Labute approximate surface area is 151 Å². The zero-order chi connectivity index (χ0) is 17.5. The van der Waals surface area contributed by atoms with E-state index in [0.29, 0.717) is 24.8 Å². The predicted molar refractivity (Wildman–Crippen MR) is 98.3 cm³/mol. The Kier molecular flexibility index (Phi) is 7.11. The van der Waals surface area contributed by atoms with Crippen LogP contribution in [-0.2, 0) is 9.59 Å². The molecule has 3 fully saturated rings. The van der Waals surface area contributed by atoms with Crippen LogP contribution >= 0.6 is 0 Å². The molecule has 3 aliphatic rings. The maximum atomic E-state index is 12.4. The molecule has 3 aliphatic heterocycles. The van der Waals surface area contributed by atoms with Crippen molar-refractivity contribution in [1.82, 2.24) is 20.0 Å². The molecule has 0 aliphatic carbocycles. The fraction of sp³-hybridized carbons (Fsp3) is 0.895. The van der Waals surface area contributed by atoms with Crippen LogP contribution in [0.15, 0.2) is 0 Å². The largest absolute Gasteiger partial charge is 0.342 e. The topological polar surface area (TPSA) is 55.9 Å². The van der Waals surface area contributed by atoms with Gasteiger partial charge in [0.05, 0.1) is 6.54 Å². The van der Waals surface area contributed by atoms with Gasteiger partial charge in [0, 0.05) is 45.7 Å². The van der Waals surface area contributed by atoms with Crippen molar-refractivity contribution < 1.29 is 9.59 Å². The standard InChI is InChI=1S/C19H34N4O2/c24-18(5-4-17-6-8-20-9-7-17)23-14-12-21(13-15-23)16-19(25)22-10-2-1-3-11-22/h17,20H,1-16H2. The molecule has 0 bridgehead atoms. The van der Waals surface area contributed by atoms with Gasteiger partial charge < -0.3 is 15.1 Å². The Morgan fingerprint density at radius 1 is 0.800 bits per heavy atom. The molecule has 0 spiro atoms. The fourth-order valence-electron chi connectivity index (χ4n) is 4.25. The molecule has 0 aromatic rings. The second-order valence-electron chi connectivity index (χ2n) is 7.83. The summed E-state index contributed by atoms with van der Waals surface area (Å²) in [5, 5.41) is 3.38. The van der Waals surface area contributed by atoms with Gasteiger partial charge >= 0.3 is 0 Å². The molecule has 0 saturated carbocycles. The van der Waals surface area contributed by atoms with Crippen LogP contribution in [0.25, 0.3) is 0 Å². The van der Waals surface area contributed by atoms with Crippen molar-refractivity contribution in [1.29, 1.82) is 0 Å². The molecule has 25 heavy (non-hydrogen) atoms. The Morgan fingerprint density at radius 2 is 1.44 bits per heavy atom. The summed E-state index contributed by atoms with van der Waals surface area (Å²) >= 11 is 0. The molecule has 0 radical (unpaired) electrons. The summed E-state index contributed by atoms with van der Waals surface area (Å²) in [4.78, 5) is 31.0. The number of carbonyl (C=O) groups excluding carboxylic acids is 2. The number of nitrogens with zero attached hydrogens (tertiary/aromatic N) is 3. The van der Waals surface area contributed by atoms with E-state index < -0.39 is 0 Å². The third kappa shape index (κ3) is 5.68. The van der Waals surface area contributed by atoms with Crippen molar-refractivity contribution in [2.45, 2.75) is 44.9 Å². The first-order chi connectivity index (χ1) is 12.2. The number of rotatable bonds is 5. The molecule has 0 aromatic heterocycles. The molecule has 2 amide bonds. The average molecular weight is 351 g/mol. The van der Waals surface area contributed by atoms with Crippen LogP contribution in [0.1, 0.15) is 44.9 Å². The molecule has 3 heterocycles. The number of amides is 2. The maximum Gasteiger partial charge on any atom is 0.236 e. The summed E-state index contributed by atoms with van der Waals surface area (Å²) in [6, 6.07) is 0. The van der Waals surface area contributed by atoms with Crippen molar-refractivity contribution >= 4 is 11.8 Å². The van der Waals surface area contributed by atoms with Crippen molar-refractivity contribution in [3.05, 3.63) is 0 Å². The van der Waals surface area contributed by atoms with E-state index >= 15 is 0 Å². The lowest BCUT2D eigenvalue weighted by Crippen LogP contribution is -2.52. The van der Waals surface area contributed by atoms with Crippen molar-refractivity contribution in [3.8, 4) is 0 Å². The van der Waals surface area contributed by atoms with Gasteiger partial charge in [0.15, 0.2) is 0 Å². The lowest BCUT2D eigenvalue weighted by molar-refractivity contribution is -0.135. The summed E-state index contributed by atoms with van der Waals surface area (Å²) in [7, 11) is 0. The van der Waals surface area contributed by atoms with Crippen LogP contribution in [0.3, 0.4) is 0 Å². The number of piperidine rings is 2. The van der Waals surface area contributed by atoms with E-state index in [2.05, 4.69) is 10.2 Å². The first kappa shape index (κ1) is 18.6. The highest BCUT2D eigenvalue weighted by Gasteiger charge is 2.25. The van der Waals surface area contributed by atoms with E-state index in [-0.39, 0.29) is 5.91 Å². The fourth-order valence-corrected chi connectivity index (χ4v) is 4.25. The third-order valence-electron chi connectivity index (χ3n) is 6.02. The van der Waals surface area contributed by atoms with Crippen LogP contribution in [-0.4, -0.2) is 85.4 Å². The molecule has 0 aromatic carbocycles. The van der Waals surface area contributed by atoms with Crippen LogP contribution < -0.4 is 5.32 Å². The predicted octanol–water partition coefficient (Wildman–Crippen LogP) is 0.923. The van der Waals surface area contributed by atoms with E-state index in [1.54, 1.807) is 0 Å². The molecule has 1 N–H and O–H groups in total. The summed E-state index contributed by atoms with van der Waals surface area (Å²) in [5.41, 5.74) is 0. The molecule has 142 valence electrons. The van der Waals surface area contributed by atoms with E-state index in [1.165, 1.54) is 19.3 Å². The molecular formula is C19H34N4O2. The van der Waals surface area contributed by atoms with Gasteiger partial charge in [-0.05, 0) is 57.5 Å². The molecule has 6 nitrogen and oxygen atoms in total. The summed E-state index contributed by atoms with van der Waals surface area (Å²) in [5.74, 6) is 1.29. The van der Waals surface area contributed by atoms with Crippen LogP contribution in [0, 0.1) is 5.92 Å². The normalized spacial score (nSPS) is 23.7. The first-order valence-corrected chi connectivity index (χ1v) is 10.2. The van der Waals surface area contributed by atoms with Gasteiger partial charge in [-0.3, -0.25) is 14.5 Å². The Bertz CT molecular complexity index is 437. The second-order valence-corrected chi connectivity index (χ2v) is 7.83. The highest BCUT2D eigenvalue weighted by molar-refractivity contribution is 5.78. The Morgan fingerprint density at radius 3 is 2.12 bits per heavy atom. The van der Waals surface area contributed by atoms with Gasteiger partial charge in [0.1, 0.15) is 0 Å². The smallest absolute Gasteiger partial charge is 0.236 e. The lowest BCUT2D eigenvalue weighted by atomic mass is 9.93. The molecule has 6 heteroatoms. The second kappa shape index (κ2) is 9.53. The Hall–Kier alpha value is -1.14. The van der Waals surface area contributed by atoms with Crippen LogP contribution in [0.4, 0.5) is 0 Å². The molecular weight excluding hydrogens is 316 g/mol. The van der Waals surface area contributed by atoms with E-state index in [1.807, 2.05) is 9.80 Å². The number of carbonyl (C=O) groups is 2. The van der Waals surface area contributed by atoms with Gasteiger partial charge in [-0.15, -0.1) is 0 Å². The first-order valence-electron chi connectivity index (χ1n) is 10.2. The van der Waals surface area contributed by atoms with Crippen molar-refractivity contribution in [2.75, 3.05) is 58.9 Å². The number of hydrogen-bond donors (Lipinski definition) is 1. The van der Waals surface area contributed by atoms with Crippen molar-refractivity contribution in [3.63, 3.8) is 0 Å². The van der Waals surface area contributed by atoms with Gasteiger partial charge in [-0.25, -0.2) is 0 Å². The van der Waals surface area contributed by atoms with E-state index in [0.717, 1.165) is 71.6 Å². The molecule has 3 saturated heterocycles. The van der Waals surface area contributed by atoms with Gasteiger partial charge in [0.2, 0.25) is 11.8 Å². The zero-order valence-electron chi connectivity index (χ0n) is 15.5. The number of likely N-dealkylation sites (tertiary alicyclic amines) is 1. The monoisotopic (exact) mass is 350 g/mol. The summed E-state index contributed by atoms with van der Waals surface area (Å²) < 4.78 is 0. The third-order valence-corrected chi connectivity index (χ3v) is 6.02. The van der Waals surface area contributed by atoms with Gasteiger partial charge in [-0.2, -0.15) is 0 Å². The minimum atomic E-state index is 0.269. The molecule has 3 rings (SSSR count). The van der Waals surface area contributed by atoms with Gasteiger partial charge in [0.25, 0.3) is 0 Å². The zero-order valence-corrected chi connectivity index (χ0v) is 15.5. The number of hydrogen-bond acceptors (Lipinski definition) is 4. The average Bonchev–Trinajstić information content (AvgIpc) is 2.68. The molecule has 0 unspecified atom stereocenters. The van der Waals surface area contributed by atoms with E-state index in [9.17, 15) is 9.59 Å². The van der Waals surface area contributed by atoms with E-state index in [4.69, 9.17) is 0 Å². The lowest BCUT2D eigenvalue weighted by Gasteiger charge is -2.36. The maximum absolute atomic E-state index is 12.4.